The van der Waals surface area contributed by atoms with Gasteiger partial charge in [-0.1, -0.05) is 45.4 Å². The van der Waals surface area contributed by atoms with E-state index in [-0.39, 0.29) is 31.7 Å². The van der Waals surface area contributed by atoms with E-state index in [2.05, 4.69) is 6.92 Å². The second-order valence-electron chi connectivity index (χ2n) is 3.78. The molecule has 0 fully saturated rings. The Kier molecular flexibility index (Phi) is 16.2. The minimum absolute atomic E-state index is 0. The van der Waals surface area contributed by atoms with Crippen LogP contribution in [0.3, 0.4) is 0 Å². The summed E-state index contributed by atoms with van der Waals surface area (Å²) in [6.07, 6.45) is 9.92. The summed E-state index contributed by atoms with van der Waals surface area (Å²) in [6.45, 7) is 2.21. The zero-order valence-corrected chi connectivity index (χ0v) is 12.9. The Hall–Kier alpha value is -0.0366. The van der Waals surface area contributed by atoms with Gasteiger partial charge in [-0.25, -0.2) is 0 Å². The van der Waals surface area contributed by atoms with Crippen LogP contribution in [0.5, 0.6) is 0 Å². The van der Waals surface area contributed by atoms with Crippen molar-refractivity contribution in [3.05, 3.63) is 0 Å². The van der Waals surface area contributed by atoms with Gasteiger partial charge in [-0.3, -0.25) is 4.79 Å². The number of Topliss-reactive ketones (excluding diaryl/α,β-unsaturated/α-hetero) is 1. The maximum atomic E-state index is 10.9. The first-order chi connectivity index (χ1) is 6.81. The maximum absolute atomic E-state index is 10.9. The van der Waals surface area contributed by atoms with Crippen LogP contribution in [-0.2, 0) is 29.1 Å². The fourth-order valence-corrected chi connectivity index (χ4v) is 1.47. The van der Waals surface area contributed by atoms with Gasteiger partial charge in [0.1, 0.15) is 12.1 Å². The molecule has 0 saturated carbocycles. The average Bonchev–Trinajstić information content (AvgIpc) is 2.17. The largest absolute Gasteiger partial charge is 0.303 e. The zero-order valence-electron chi connectivity index (χ0n) is 9.96. The van der Waals surface area contributed by atoms with Crippen LogP contribution in [0.1, 0.15) is 64.7 Å². The summed E-state index contributed by atoms with van der Waals surface area (Å²) in [5.74, 6) is 0.0913. The summed E-state index contributed by atoms with van der Waals surface area (Å²) in [5, 5.41) is 0. The van der Waals surface area contributed by atoms with Crippen LogP contribution in [0, 0.1) is 0 Å². The number of rotatable bonds is 10. The van der Waals surface area contributed by atoms with Crippen molar-refractivity contribution < 1.29 is 29.1 Å². The third-order valence-corrected chi connectivity index (χ3v) is 2.37. The van der Waals surface area contributed by atoms with Crippen molar-refractivity contribution in [3.63, 3.8) is 0 Å². The fraction of sp³-hybridized carbons (Fsp3) is 0.833. The van der Waals surface area contributed by atoms with E-state index in [0.29, 0.717) is 12.7 Å². The van der Waals surface area contributed by atoms with E-state index in [9.17, 15) is 9.59 Å². The van der Waals surface area contributed by atoms with E-state index >= 15 is 0 Å². The predicted molar refractivity (Wildman–Crippen MR) is 58.3 cm³/mol. The van der Waals surface area contributed by atoms with Crippen molar-refractivity contribution in [2.45, 2.75) is 64.7 Å². The minimum atomic E-state index is 0. The number of hydrogen-bond acceptors (Lipinski definition) is 2. The molecule has 0 aromatic carbocycles. The maximum Gasteiger partial charge on any atom is 0.139 e. The van der Waals surface area contributed by atoms with Crippen LogP contribution in [-0.4, -0.2) is 12.1 Å². The van der Waals surface area contributed by atoms with Gasteiger partial charge < -0.3 is 4.79 Å². The molecule has 0 atom stereocenters. The topological polar surface area (TPSA) is 34.1 Å². The Bertz CT molecular complexity index is 158. The van der Waals surface area contributed by atoms with Crippen LogP contribution in [0.15, 0.2) is 0 Å². The summed E-state index contributed by atoms with van der Waals surface area (Å²) < 4.78 is 0. The van der Waals surface area contributed by atoms with E-state index < -0.39 is 0 Å². The molecular weight excluding hydrogens is 242 g/mol. The van der Waals surface area contributed by atoms with Crippen molar-refractivity contribution in [1.82, 2.24) is 0 Å². The molecule has 0 spiro atoms. The summed E-state index contributed by atoms with van der Waals surface area (Å²) >= 11 is 0. The van der Waals surface area contributed by atoms with Crippen LogP contribution in [0.2, 0.25) is 0 Å². The van der Waals surface area contributed by atoms with Gasteiger partial charge >= 0.3 is 0 Å². The summed E-state index contributed by atoms with van der Waals surface area (Å²) in [6, 6.07) is 0. The SMILES string of the molecule is CCCCCCCCCC(=O)CC=O.[Zn]. The predicted octanol–water partition coefficient (Wildman–Crippen LogP) is 3.28. The summed E-state index contributed by atoms with van der Waals surface area (Å²) in [5.41, 5.74) is 0. The van der Waals surface area contributed by atoms with Crippen molar-refractivity contribution in [2.75, 3.05) is 0 Å². The van der Waals surface area contributed by atoms with Crippen LogP contribution in [0.25, 0.3) is 0 Å². The quantitative estimate of drug-likeness (QED) is 0.262. The number of carbonyl (C=O) groups excluding carboxylic acids is 2. The van der Waals surface area contributed by atoms with Gasteiger partial charge in [0, 0.05) is 25.9 Å². The Morgan fingerprint density at radius 2 is 1.53 bits per heavy atom. The molecule has 84 valence electrons. The molecule has 0 bridgehead atoms. The van der Waals surface area contributed by atoms with Crippen LogP contribution >= 0.6 is 0 Å². The molecule has 0 aliphatic rings. The van der Waals surface area contributed by atoms with E-state index in [4.69, 9.17) is 0 Å². The van der Waals surface area contributed by atoms with Crippen molar-refractivity contribution in [3.8, 4) is 0 Å². The van der Waals surface area contributed by atoms with Gasteiger partial charge in [0.25, 0.3) is 0 Å². The summed E-state index contributed by atoms with van der Waals surface area (Å²) in [7, 11) is 0. The molecule has 3 heteroatoms. The second kappa shape index (κ2) is 14.0. The van der Waals surface area contributed by atoms with Crippen LogP contribution < -0.4 is 0 Å². The molecule has 0 aliphatic carbocycles. The Balaban J connectivity index is 0. The van der Waals surface area contributed by atoms with Gasteiger partial charge in [0.2, 0.25) is 0 Å². The molecule has 0 aliphatic heterocycles. The average molecular weight is 264 g/mol. The van der Waals surface area contributed by atoms with Crippen molar-refractivity contribution >= 4 is 12.1 Å². The number of ketones is 1. The standard InChI is InChI=1S/C12H22O2.Zn/c1-2-3-4-5-6-7-8-9-12(14)10-11-13;/h11H,2-10H2,1H3;. The molecule has 0 rings (SSSR count). The summed E-state index contributed by atoms with van der Waals surface area (Å²) in [4.78, 5) is 20.9. The smallest absolute Gasteiger partial charge is 0.139 e. The van der Waals surface area contributed by atoms with Gasteiger partial charge in [0.05, 0.1) is 6.42 Å². The zero-order chi connectivity index (χ0) is 10.6. The van der Waals surface area contributed by atoms with E-state index in [1.807, 2.05) is 0 Å². The number of carbonyl (C=O) groups is 2. The van der Waals surface area contributed by atoms with E-state index in [1.165, 1.54) is 32.1 Å². The molecule has 0 saturated heterocycles. The van der Waals surface area contributed by atoms with Gasteiger partial charge in [0.15, 0.2) is 0 Å². The van der Waals surface area contributed by atoms with Crippen LogP contribution in [0.4, 0.5) is 0 Å². The molecule has 0 aromatic rings. The fourth-order valence-electron chi connectivity index (χ4n) is 1.47. The van der Waals surface area contributed by atoms with Gasteiger partial charge in [-0.05, 0) is 6.42 Å². The minimum Gasteiger partial charge on any atom is -0.303 e. The van der Waals surface area contributed by atoms with E-state index in [0.717, 1.165) is 12.8 Å². The molecule has 0 heterocycles. The third kappa shape index (κ3) is 14.0. The number of unbranched alkanes of at least 4 members (excludes halogenated alkanes) is 6. The number of hydrogen-bond donors (Lipinski definition) is 0. The number of aldehydes is 1. The molecule has 0 amide bonds. The monoisotopic (exact) mass is 262 g/mol. The molecule has 0 aromatic heterocycles. The molecular formula is C12H22O2Zn. The van der Waals surface area contributed by atoms with Crippen molar-refractivity contribution in [2.24, 2.45) is 0 Å². The second-order valence-corrected chi connectivity index (χ2v) is 3.78. The normalized spacial score (nSPS) is 9.40. The molecule has 2 nitrogen and oxygen atoms in total. The Morgan fingerprint density at radius 1 is 1.00 bits per heavy atom. The first kappa shape index (κ1) is 17.4. The third-order valence-electron chi connectivity index (χ3n) is 2.37. The molecule has 0 unspecified atom stereocenters. The van der Waals surface area contributed by atoms with Gasteiger partial charge in [-0.15, -0.1) is 0 Å². The Morgan fingerprint density at radius 3 is 2.07 bits per heavy atom. The van der Waals surface area contributed by atoms with E-state index in [1.54, 1.807) is 0 Å². The molecule has 0 N–H and O–H groups in total. The van der Waals surface area contributed by atoms with Crippen molar-refractivity contribution in [1.29, 1.82) is 0 Å². The molecule has 15 heavy (non-hydrogen) atoms. The first-order valence-electron chi connectivity index (χ1n) is 5.76. The first-order valence-corrected chi connectivity index (χ1v) is 5.76. The molecule has 0 radical (unpaired) electrons. The van der Waals surface area contributed by atoms with Gasteiger partial charge in [-0.2, -0.15) is 0 Å². The Labute approximate surface area is 106 Å².